The molecule has 0 atom stereocenters. The van der Waals surface area contributed by atoms with Crippen LogP contribution >= 0.6 is 0 Å². The van der Waals surface area contributed by atoms with Crippen LogP contribution in [0.5, 0.6) is 5.75 Å². The van der Waals surface area contributed by atoms with E-state index >= 15 is 0 Å². The number of aromatic hydroxyl groups is 1. The fraction of sp³-hybridized carbons (Fsp3) is 0.200. The van der Waals surface area contributed by atoms with Crippen LogP contribution in [0.3, 0.4) is 0 Å². The van der Waals surface area contributed by atoms with Crippen molar-refractivity contribution in [3.63, 3.8) is 0 Å². The maximum absolute atomic E-state index is 12.4. The first kappa shape index (κ1) is 16.2. The van der Waals surface area contributed by atoms with Crippen LogP contribution in [0.1, 0.15) is 30.9 Å². The lowest BCUT2D eigenvalue weighted by Gasteiger charge is -2.14. The van der Waals surface area contributed by atoms with E-state index in [9.17, 15) is 9.90 Å². The molecule has 0 amide bonds. The first-order valence-corrected chi connectivity index (χ1v) is 8.54. The van der Waals surface area contributed by atoms with Gasteiger partial charge in [0.2, 0.25) is 0 Å². The van der Waals surface area contributed by atoms with E-state index in [0.717, 1.165) is 22.0 Å². The van der Waals surface area contributed by atoms with Crippen LogP contribution in [-0.2, 0) is 0 Å². The first-order valence-electron chi connectivity index (χ1n) is 8.54. The van der Waals surface area contributed by atoms with Gasteiger partial charge >= 0.3 is 5.69 Å². The topological polar surface area (TPSA) is 86.7 Å². The average Bonchev–Trinajstić information content (AvgIpc) is 3.20. The van der Waals surface area contributed by atoms with Crippen LogP contribution in [0.2, 0.25) is 0 Å². The molecule has 0 bridgehead atoms. The van der Waals surface area contributed by atoms with Gasteiger partial charge in [0.05, 0.1) is 11.3 Å². The van der Waals surface area contributed by atoms with Crippen LogP contribution in [0, 0.1) is 6.92 Å². The molecule has 4 aromatic rings. The molecule has 0 spiro atoms. The van der Waals surface area contributed by atoms with Crippen molar-refractivity contribution in [1.82, 2.24) is 19.7 Å². The lowest BCUT2D eigenvalue weighted by Crippen LogP contribution is -2.15. The molecule has 26 heavy (non-hydrogen) atoms. The zero-order valence-electron chi connectivity index (χ0n) is 14.9. The largest absolute Gasteiger partial charge is 0.507 e. The molecule has 2 aromatic heterocycles. The van der Waals surface area contributed by atoms with E-state index in [0.29, 0.717) is 23.0 Å². The summed E-state index contributed by atoms with van der Waals surface area (Å²) in [5.41, 5.74) is 4.00. The van der Waals surface area contributed by atoms with Gasteiger partial charge in [-0.1, -0.05) is 13.8 Å². The number of phenolic OH excluding ortho intramolecular Hbond substituents is 1. The Hall–Kier alpha value is -3.28. The van der Waals surface area contributed by atoms with Crippen molar-refractivity contribution in [2.24, 2.45) is 0 Å². The van der Waals surface area contributed by atoms with E-state index in [2.05, 4.69) is 29.0 Å². The van der Waals surface area contributed by atoms with Crippen molar-refractivity contribution in [1.29, 1.82) is 0 Å². The number of hydrogen-bond donors (Lipinski definition) is 3. The molecule has 0 aliphatic heterocycles. The molecule has 0 aliphatic carbocycles. The smallest absolute Gasteiger partial charge is 0.348 e. The van der Waals surface area contributed by atoms with Crippen LogP contribution < -0.4 is 5.69 Å². The fourth-order valence-corrected chi connectivity index (χ4v) is 3.41. The van der Waals surface area contributed by atoms with Gasteiger partial charge in [0.15, 0.2) is 5.82 Å². The van der Waals surface area contributed by atoms with Gasteiger partial charge < -0.3 is 10.1 Å². The van der Waals surface area contributed by atoms with Crippen molar-refractivity contribution in [3.8, 4) is 22.8 Å². The zero-order valence-corrected chi connectivity index (χ0v) is 14.9. The molecule has 132 valence electrons. The molecule has 6 nitrogen and oxygen atoms in total. The van der Waals surface area contributed by atoms with Gasteiger partial charge in [-0.2, -0.15) is 5.10 Å². The highest BCUT2D eigenvalue weighted by Gasteiger charge is 2.18. The minimum absolute atomic E-state index is 0.106. The SMILES string of the molecule is Cc1cc(O)c(-c2n[nH]c(=O)n2-c2ccc3[nH]ccc3c2)cc1C(C)C. The number of aryl methyl sites for hydroxylation is 1. The summed E-state index contributed by atoms with van der Waals surface area (Å²) in [6.45, 7) is 6.16. The Morgan fingerprint density at radius 1 is 1.15 bits per heavy atom. The lowest BCUT2D eigenvalue weighted by molar-refractivity contribution is 0.476. The molecular formula is C20H20N4O2. The Balaban J connectivity index is 1.95. The monoisotopic (exact) mass is 348 g/mol. The van der Waals surface area contributed by atoms with Gasteiger partial charge in [0.25, 0.3) is 0 Å². The highest BCUT2D eigenvalue weighted by Crippen LogP contribution is 2.34. The molecule has 3 N–H and O–H groups in total. The standard InChI is InChI=1S/C20H20N4O2/c1-11(2)15-10-16(18(25)8-12(15)3)19-22-23-20(26)24(19)14-4-5-17-13(9-14)6-7-21-17/h4-11,21,25H,1-3H3,(H,23,26). The molecular weight excluding hydrogens is 328 g/mol. The van der Waals surface area contributed by atoms with Gasteiger partial charge in [-0.05, 0) is 60.4 Å². The molecule has 0 radical (unpaired) electrons. The average molecular weight is 348 g/mol. The molecule has 0 fully saturated rings. The number of nitrogens with one attached hydrogen (secondary N) is 2. The van der Waals surface area contributed by atoms with Gasteiger partial charge in [-0.3, -0.25) is 0 Å². The quantitative estimate of drug-likeness (QED) is 0.525. The highest BCUT2D eigenvalue weighted by atomic mass is 16.3. The van der Waals surface area contributed by atoms with Crippen molar-refractivity contribution >= 4 is 10.9 Å². The fourth-order valence-electron chi connectivity index (χ4n) is 3.41. The van der Waals surface area contributed by atoms with Crippen molar-refractivity contribution in [2.75, 3.05) is 0 Å². The minimum atomic E-state index is -0.346. The first-order chi connectivity index (χ1) is 12.5. The summed E-state index contributed by atoms with van der Waals surface area (Å²) in [5.74, 6) is 0.795. The number of H-pyrrole nitrogens is 2. The molecule has 6 heteroatoms. The summed E-state index contributed by atoms with van der Waals surface area (Å²) in [6, 6.07) is 11.3. The van der Waals surface area contributed by atoms with E-state index in [1.54, 1.807) is 6.07 Å². The molecule has 0 aliphatic rings. The number of benzene rings is 2. The highest BCUT2D eigenvalue weighted by molar-refractivity contribution is 5.82. The Bertz CT molecular complexity index is 1160. The number of aromatic amines is 2. The number of fused-ring (bicyclic) bond motifs is 1. The third kappa shape index (κ3) is 2.50. The molecule has 2 aromatic carbocycles. The van der Waals surface area contributed by atoms with E-state index in [1.807, 2.05) is 43.5 Å². The van der Waals surface area contributed by atoms with E-state index < -0.39 is 0 Å². The second-order valence-electron chi connectivity index (χ2n) is 6.82. The summed E-state index contributed by atoms with van der Waals surface area (Å²) in [4.78, 5) is 15.6. The number of hydrogen-bond acceptors (Lipinski definition) is 3. The maximum Gasteiger partial charge on any atom is 0.348 e. The Morgan fingerprint density at radius 2 is 1.96 bits per heavy atom. The van der Waals surface area contributed by atoms with E-state index in [-0.39, 0.29) is 11.4 Å². The minimum Gasteiger partial charge on any atom is -0.507 e. The maximum atomic E-state index is 12.4. The van der Waals surface area contributed by atoms with Gasteiger partial charge in [0.1, 0.15) is 5.75 Å². The number of rotatable bonds is 3. The van der Waals surface area contributed by atoms with Crippen molar-refractivity contribution < 1.29 is 5.11 Å². The number of nitrogens with zero attached hydrogens (tertiary/aromatic N) is 2. The molecule has 0 unspecified atom stereocenters. The summed E-state index contributed by atoms with van der Waals surface area (Å²) in [6.07, 6.45) is 1.86. The number of phenols is 1. The third-order valence-corrected chi connectivity index (χ3v) is 4.71. The van der Waals surface area contributed by atoms with E-state index in [4.69, 9.17) is 0 Å². The Kier molecular flexibility index (Phi) is 3.68. The summed E-state index contributed by atoms with van der Waals surface area (Å²) in [7, 11) is 0. The van der Waals surface area contributed by atoms with E-state index in [1.165, 1.54) is 4.57 Å². The third-order valence-electron chi connectivity index (χ3n) is 4.71. The second kappa shape index (κ2) is 5.91. The second-order valence-corrected chi connectivity index (χ2v) is 6.82. The summed E-state index contributed by atoms with van der Waals surface area (Å²) >= 11 is 0. The normalized spacial score (nSPS) is 11.5. The molecule has 0 saturated heterocycles. The zero-order chi connectivity index (χ0) is 18.4. The summed E-state index contributed by atoms with van der Waals surface area (Å²) in [5, 5.41) is 18.2. The lowest BCUT2D eigenvalue weighted by atomic mass is 9.95. The molecule has 2 heterocycles. The van der Waals surface area contributed by atoms with Crippen LogP contribution in [-0.4, -0.2) is 24.9 Å². The predicted molar refractivity (Wildman–Crippen MR) is 102 cm³/mol. The van der Waals surface area contributed by atoms with Gasteiger partial charge in [-0.15, -0.1) is 0 Å². The van der Waals surface area contributed by atoms with Gasteiger partial charge in [0, 0.05) is 17.1 Å². The van der Waals surface area contributed by atoms with Crippen molar-refractivity contribution in [2.45, 2.75) is 26.7 Å². The van der Waals surface area contributed by atoms with Crippen LogP contribution in [0.4, 0.5) is 0 Å². The molecule has 4 rings (SSSR count). The van der Waals surface area contributed by atoms with Crippen LogP contribution in [0.15, 0.2) is 47.4 Å². The number of aromatic nitrogens is 4. The Labute approximate surface area is 150 Å². The predicted octanol–water partition coefficient (Wildman–Crippen LogP) is 3.85. The van der Waals surface area contributed by atoms with Gasteiger partial charge in [-0.25, -0.2) is 14.5 Å². The van der Waals surface area contributed by atoms with Crippen molar-refractivity contribution in [3.05, 3.63) is 64.2 Å². The van der Waals surface area contributed by atoms with Crippen LogP contribution in [0.25, 0.3) is 28.0 Å². The summed E-state index contributed by atoms with van der Waals surface area (Å²) < 4.78 is 1.49. The Morgan fingerprint density at radius 3 is 2.73 bits per heavy atom. The molecule has 0 saturated carbocycles.